The first kappa shape index (κ1) is 13.3. The molecule has 0 saturated heterocycles. The second kappa shape index (κ2) is 4.63. The lowest BCUT2D eigenvalue weighted by Gasteiger charge is -2.47. The van der Waals surface area contributed by atoms with E-state index in [-0.39, 0.29) is 0 Å². The van der Waals surface area contributed by atoms with E-state index in [4.69, 9.17) is 0 Å². The van der Waals surface area contributed by atoms with Gasteiger partial charge in [-0.15, -0.1) is 0 Å². The molecule has 0 amide bonds. The third-order valence-corrected chi connectivity index (χ3v) is 5.12. The van der Waals surface area contributed by atoms with Gasteiger partial charge in [0.05, 0.1) is 15.5 Å². The monoisotopic (exact) mass is 202 g/mol. The van der Waals surface area contributed by atoms with Crippen LogP contribution >= 0.6 is 0 Å². The molecular weight excluding hydrogens is 175 g/mol. The summed E-state index contributed by atoms with van der Waals surface area (Å²) in [6.07, 6.45) is 2.95. The van der Waals surface area contributed by atoms with E-state index in [1.165, 1.54) is 12.8 Å². The van der Waals surface area contributed by atoms with Crippen LogP contribution in [-0.2, 0) is 0 Å². The number of rotatable bonds is 3. The van der Waals surface area contributed by atoms with Gasteiger partial charge >= 0.3 is 0 Å². The molecule has 0 nitrogen and oxygen atoms in total. The van der Waals surface area contributed by atoms with Crippen LogP contribution in [0, 0.1) is 0 Å². The first-order valence-electron chi connectivity index (χ1n) is 6.75. The van der Waals surface area contributed by atoms with Crippen LogP contribution in [0.3, 0.4) is 0 Å². The van der Waals surface area contributed by atoms with Gasteiger partial charge in [0.2, 0.25) is 0 Å². The van der Waals surface area contributed by atoms with E-state index in [1.807, 2.05) is 0 Å². The van der Waals surface area contributed by atoms with Gasteiger partial charge in [0.1, 0.15) is 13.2 Å². The average Bonchev–Trinajstić information content (AvgIpc) is 2.00. The SMILES string of the molecule is BB(C(C)C)C1CCC1B(B)C(C)(C)C. The van der Waals surface area contributed by atoms with Crippen molar-refractivity contribution in [3.05, 3.63) is 0 Å². The lowest BCUT2D eigenvalue weighted by molar-refractivity contribution is 0.474. The maximum atomic E-state index is 2.46. The van der Waals surface area contributed by atoms with Crippen molar-refractivity contribution in [2.45, 2.75) is 70.2 Å². The van der Waals surface area contributed by atoms with Gasteiger partial charge in [-0.1, -0.05) is 70.2 Å². The van der Waals surface area contributed by atoms with Crippen molar-refractivity contribution in [1.29, 1.82) is 0 Å². The van der Waals surface area contributed by atoms with Gasteiger partial charge in [0.15, 0.2) is 0 Å². The fourth-order valence-corrected chi connectivity index (χ4v) is 2.96. The zero-order valence-corrected chi connectivity index (χ0v) is 11.8. The molecule has 0 aromatic rings. The first-order valence-corrected chi connectivity index (χ1v) is 6.75. The Labute approximate surface area is 99.3 Å². The number of hydrogen-bond donors (Lipinski definition) is 0. The van der Waals surface area contributed by atoms with Crippen molar-refractivity contribution in [1.82, 2.24) is 0 Å². The van der Waals surface area contributed by atoms with E-state index in [0.717, 1.165) is 30.7 Å². The number of hydrogen-bond acceptors (Lipinski definition) is 0. The molecule has 1 rings (SSSR count). The van der Waals surface area contributed by atoms with Gasteiger partial charge in [-0.25, -0.2) is 0 Å². The second-order valence-corrected chi connectivity index (χ2v) is 7.16. The van der Waals surface area contributed by atoms with Crippen LogP contribution in [0.25, 0.3) is 0 Å². The minimum Gasteiger partial charge on any atom is -0.0750 e. The molecule has 82 valence electrons. The van der Waals surface area contributed by atoms with Gasteiger partial charge < -0.3 is 0 Å². The molecule has 0 N–H and O–H groups in total. The van der Waals surface area contributed by atoms with Crippen molar-refractivity contribution >= 4 is 28.7 Å². The molecule has 1 aliphatic rings. The van der Waals surface area contributed by atoms with Gasteiger partial charge in [0, 0.05) is 0 Å². The molecule has 4 heteroatoms. The Balaban J connectivity index is 2.59. The molecule has 0 aromatic heterocycles. The normalized spacial score (nSPS) is 26.3. The summed E-state index contributed by atoms with van der Waals surface area (Å²) >= 11 is 0. The Morgan fingerprint density at radius 2 is 1.53 bits per heavy atom. The second-order valence-electron chi connectivity index (χ2n) is 7.16. The molecule has 1 saturated carbocycles. The molecule has 1 aliphatic carbocycles. The van der Waals surface area contributed by atoms with E-state index in [9.17, 15) is 0 Å². The van der Waals surface area contributed by atoms with Crippen LogP contribution < -0.4 is 0 Å². The molecule has 1 fully saturated rings. The summed E-state index contributed by atoms with van der Waals surface area (Å²) < 4.78 is 0. The zero-order chi connectivity index (χ0) is 11.8. The minimum atomic E-state index is 0.486. The highest BCUT2D eigenvalue weighted by Crippen LogP contribution is 2.53. The molecular formula is C11H26B4. The summed E-state index contributed by atoms with van der Waals surface area (Å²) in [6, 6.07) is 0. The largest absolute Gasteiger partial charge is 0.110 e. The Kier molecular flexibility index (Phi) is 4.12. The maximum absolute atomic E-state index is 2.46. The summed E-state index contributed by atoms with van der Waals surface area (Å²) in [6.45, 7) is 13.7. The Morgan fingerprint density at radius 3 is 1.80 bits per heavy atom. The van der Waals surface area contributed by atoms with Crippen molar-refractivity contribution in [3.63, 3.8) is 0 Å². The Morgan fingerprint density at radius 1 is 1.07 bits per heavy atom. The van der Waals surface area contributed by atoms with Gasteiger partial charge in [-0.05, 0) is 0 Å². The summed E-state index contributed by atoms with van der Waals surface area (Å²) in [5, 5.41) is 0.486. The molecule has 15 heavy (non-hydrogen) atoms. The summed E-state index contributed by atoms with van der Waals surface area (Å²) in [7, 11) is 4.92. The molecule has 0 aromatic carbocycles. The third-order valence-electron chi connectivity index (χ3n) is 5.12. The molecule has 0 bridgehead atoms. The van der Waals surface area contributed by atoms with Crippen molar-refractivity contribution < 1.29 is 0 Å². The smallest absolute Gasteiger partial charge is 0.0750 e. The van der Waals surface area contributed by atoms with Crippen LogP contribution in [0.2, 0.25) is 22.8 Å². The molecule has 2 unspecified atom stereocenters. The van der Waals surface area contributed by atoms with Crippen LogP contribution in [0.5, 0.6) is 0 Å². The zero-order valence-electron chi connectivity index (χ0n) is 11.8. The highest BCUT2D eigenvalue weighted by Gasteiger charge is 2.44. The van der Waals surface area contributed by atoms with Crippen molar-refractivity contribution in [2.24, 2.45) is 0 Å². The van der Waals surface area contributed by atoms with E-state index in [1.54, 1.807) is 0 Å². The van der Waals surface area contributed by atoms with Gasteiger partial charge in [0.25, 0.3) is 0 Å². The summed E-state index contributed by atoms with van der Waals surface area (Å²) in [5.74, 6) is 2.84. The fourth-order valence-electron chi connectivity index (χ4n) is 2.96. The van der Waals surface area contributed by atoms with Crippen LogP contribution in [-0.4, -0.2) is 28.7 Å². The molecule has 0 spiro atoms. The lowest BCUT2D eigenvalue weighted by atomic mass is 9.06. The summed E-state index contributed by atoms with van der Waals surface area (Å²) in [5.41, 5.74) is 0. The van der Waals surface area contributed by atoms with E-state index in [0.29, 0.717) is 5.31 Å². The predicted molar refractivity (Wildman–Crippen MR) is 80.1 cm³/mol. The van der Waals surface area contributed by atoms with E-state index >= 15 is 0 Å². The van der Waals surface area contributed by atoms with Gasteiger partial charge in [-0.2, -0.15) is 0 Å². The molecule has 2 atom stereocenters. The molecule has 0 heterocycles. The quantitative estimate of drug-likeness (QED) is 0.613. The Hall–Kier alpha value is 0.260. The van der Waals surface area contributed by atoms with E-state index in [2.05, 4.69) is 50.1 Å². The highest BCUT2D eigenvalue weighted by molar-refractivity contribution is 7.09. The Bertz CT molecular complexity index is 209. The predicted octanol–water partition coefficient (Wildman–Crippen LogP) is 1.98. The fraction of sp³-hybridized carbons (Fsp3) is 1.00. The summed E-state index contributed by atoms with van der Waals surface area (Å²) in [4.78, 5) is 0. The topological polar surface area (TPSA) is 0 Å². The minimum absolute atomic E-state index is 0.486. The molecule has 0 radical (unpaired) electrons. The van der Waals surface area contributed by atoms with Crippen LogP contribution in [0.4, 0.5) is 0 Å². The van der Waals surface area contributed by atoms with Crippen LogP contribution in [0.15, 0.2) is 0 Å². The van der Waals surface area contributed by atoms with E-state index < -0.39 is 0 Å². The lowest BCUT2D eigenvalue weighted by Crippen LogP contribution is -2.44. The average molecular weight is 202 g/mol. The highest BCUT2D eigenvalue weighted by atomic mass is 14.3. The van der Waals surface area contributed by atoms with Crippen molar-refractivity contribution in [2.75, 3.05) is 0 Å². The first-order chi connectivity index (χ1) is 6.75. The third kappa shape index (κ3) is 2.88. The standard InChI is InChI=1S/C11H26B4/c1-8(2)14(12)9-6-7-10(9)15(13)11(3,4)5/h8-10H,6-7,12-13H2,1-5H3. The molecule has 0 aliphatic heterocycles. The van der Waals surface area contributed by atoms with Gasteiger partial charge in [-0.3, -0.25) is 0 Å². The van der Waals surface area contributed by atoms with Crippen molar-refractivity contribution in [3.8, 4) is 0 Å². The maximum Gasteiger partial charge on any atom is 0.110 e. The van der Waals surface area contributed by atoms with Crippen LogP contribution in [0.1, 0.15) is 47.5 Å².